The standard InChI is InChI=1S/C12H11BrN4O3/c1-2-14-11-10(13)12(16-7-15-11)20-9-5-3-8(4-6-9)17(18)19/h3-7H,2H2,1H3,(H,14,15,16). The van der Waals surface area contributed by atoms with E-state index in [1.807, 2.05) is 6.92 Å². The lowest BCUT2D eigenvalue weighted by molar-refractivity contribution is -0.384. The van der Waals surface area contributed by atoms with E-state index in [2.05, 4.69) is 31.2 Å². The van der Waals surface area contributed by atoms with Gasteiger partial charge in [-0.1, -0.05) is 0 Å². The molecule has 0 unspecified atom stereocenters. The zero-order valence-electron chi connectivity index (χ0n) is 10.5. The SMILES string of the molecule is CCNc1ncnc(Oc2ccc([N+](=O)[O-])cc2)c1Br. The highest BCUT2D eigenvalue weighted by Gasteiger charge is 2.11. The monoisotopic (exact) mass is 338 g/mol. The van der Waals surface area contributed by atoms with Crippen LogP contribution in [0.2, 0.25) is 0 Å². The van der Waals surface area contributed by atoms with Crippen LogP contribution < -0.4 is 10.1 Å². The summed E-state index contributed by atoms with van der Waals surface area (Å²) >= 11 is 3.36. The van der Waals surface area contributed by atoms with Crippen molar-refractivity contribution in [2.24, 2.45) is 0 Å². The summed E-state index contributed by atoms with van der Waals surface area (Å²) in [5.41, 5.74) is 0.00689. The normalized spacial score (nSPS) is 10.1. The lowest BCUT2D eigenvalue weighted by Crippen LogP contribution is -2.02. The summed E-state index contributed by atoms with van der Waals surface area (Å²) in [6.07, 6.45) is 1.38. The van der Waals surface area contributed by atoms with E-state index in [-0.39, 0.29) is 5.69 Å². The van der Waals surface area contributed by atoms with Gasteiger partial charge in [0.05, 0.1) is 4.92 Å². The van der Waals surface area contributed by atoms with Crippen LogP contribution in [0, 0.1) is 10.1 Å². The molecule has 7 nitrogen and oxygen atoms in total. The van der Waals surface area contributed by atoms with Gasteiger partial charge in [0.2, 0.25) is 5.88 Å². The molecule has 0 aliphatic heterocycles. The fourth-order valence-electron chi connectivity index (χ4n) is 1.46. The molecule has 20 heavy (non-hydrogen) atoms. The zero-order valence-corrected chi connectivity index (χ0v) is 12.1. The molecule has 0 amide bonds. The molecule has 1 aromatic heterocycles. The number of nitrogens with one attached hydrogen (secondary N) is 1. The van der Waals surface area contributed by atoms with Crippen molar-refractivity contribution in [3.8, 4) is 11.6 Å². The van der Waals surface area contributed by atoms with Crippen LogP contribution in [0.15, 0.2) is 35.1 Å². The number of halogens is 1. The summed E-state index contributed by atoms with van der Waals surface area (Å²) in [5.74, 6) is 1.42. The summed E-state index contributed by atoms with van der Waals surface area (Å²) in [5, 5.41) is 13.6. The van der Waals surface area contributed by atoms with E-state index in [4.69, 9.17) is 4.74 Å². The Morgan fingerprint density at radius 3 is 2.65 bits per heavy atom. The number of non-ortho nitro benzene ring substituents is 1. The maximum absolute atomic E-state index is 10.6. The number of hydrogen-bond acceptors (Lipinski definition) is 6. The molecule has 2 rings (SSSR count). The highest BCUT2D eigenvalue weighted by Crippen LogP contribution is 2.32. The highest BCUT2D eigenvalue weighted by molar-refractivity contribution is 9.10. The number of benzene rings is 1. The van der Waals surface area contributed by atoms with Crippen molar-refractivity contribution in [2.45, 2.75) is 6.92 Å². The predicted octanol–water partition coefficient (Wildman–Crippen LogP) is 3.37. The fourth-order valence-corrected chi connectivity index (χ4v) is 1.89. The summed E-state index contributed by atoms with van der Waals surface area (Å²) in [6.45, 7) is 2.66. The van der Waals surface area contributed by atoms with Gasteiger partial charge in [-0.05, 0) is 35.0 Å². The molecule has 2 aromatic rings. The van der Waals surface area contributed by atoms with E-state index >= 15 is 0 Å². The van der Waals surface area contributed by atoms with Crippen molar-refractivity contribution < 1.29 is 9.66 Å². The molecule has 0 saturated heterocycles. The van der Waals surface area contributed by atoms with Crippen LogP contribution in [-0.2, 0) is 0 Å². The number of ether oxygens (including phenoxy) is 1. The molecule has 1 heterocycles. The fraction of sp³-hybridized carbons (Fsp3) is 0.167. The number of nitro groups is 1. The topological polar surface area (TPSA) is 90.2 Å². The van der Waals surface area contributed by atoms with Crippen molar-refractivity contribution in [3.05, 3.63) is 45.2 Å². The summed E-state index contributed by atoms with van der Waals surface area (Å²) < 4.78 is 6.17. The highest BCUT2D eigenvalue weighted by atomic mass is 79.9. The Morgan fingerprint density at radius 2 is 2.05 bits per heavy atom. The average molecular weight is 339 g/mol. The number of nitro benzene ring substituents is 1. The molecule has 0 atom stereocenters. The maximum atomic E-state index is 10.6. The minimum Gasteiger partial charge on any atom is -0.438 e. The summed E-state index contributed by atoms with van der Waals surface area (Å²) in [4.78, 5) is 18.2. The first-order valence-corrected chi connectivity index (χ1v) is 6.57. The number of nitrogens with zero attached hydrogens (tertiary/aromatic N) is 3. The second-order valence-corrected chi connectivity index (χ2v) is 4.52. The van der Waals surface area contributed by atoms with Gasteiger partial charge in [0.15, 0.2) is 0 Å². The Balaban J connectivity index is 2.21. The maximum Gasteiger partial charge on any atom is 0.269 e. The van der Waals surface area contributed by atoms with Gasteiger partial charge in [0.25, 0.3) is 5.69 Å². The van der Waals surface area contributed by atoms with Gasteiger partial charge >= 0.3 is 0 Å². The molecular weight excluding hydrogens is 328 g/mol. The van der Waals surface area contributed by atoms with Gasteiger partial charge < -0.3 is 10.1 Å². The van der Waals surface area contributed by atoms with Crippen LogP contribution in [0.4, 0.5) is 11.5 Å². The van der Waals surface area contributed by atoms with E-state index in [0.29, 0.717) is 28.5 Å². The van der Waals surface area contributed by atoms with Gasteiger partial charge in [0.1, 0.15) is 22.4 Å². The van der Waals surface area contributed by atoms with Crippen LogP contribution in [0.1, 0.15) is 6.92 Å². The van der Waals surface area contributed by atoms with Gasteiger partial charge in [-0.15, -0.1) is 0 Å². The molecular formula is C12H11BrN4O3. The van der Waals surface area contributed by atoms with Crippen molar-refractivity contribution >= 4 is 27.4 Å². The minimum atomic E-state index is -0.465. The zero-order chi connectivity index (χ0) is 14.5. The smallest absolute Gasteiger partial charge is 0.269 e. The van der Waals surface area contributed by atoms with E-state index in [1.165, 1.54) is 30.6 Å². The number of aromatic nitrogens is 2. The molecule has 0 bridgehead atoms. The van der Waals surface area contributed by atoms with Gasteiger partial charge in [-0.3, -0.25) is 10.1 Å². The largest absolute Gasteiger partial charge is 0.438 e. The minimum absolute atomic E-state index is 0.00689. The van der Waals surface area contributed by atoms with Gasteiger partial charge in [0, 0.05) is 18.7 Å². The molecule has 0 spiro atoms. The first-order valence-electron chi connectivity index (χ1n) is 5.78. The lowest BCUT2D eigenvalue weighted by atomic mass is 10.3. The molecule has 8 heteroatoms. The third-order valence-electron chi connectivity index (χ3n) is 2.36. The number of hydrogen-bond donors (Lipinski definition) is 1. The summed E-state index contributed by atoms with van der Waals surface area (Å²) in [7, 11) is 0. The molecule has 0 aliphatic rings. The molecule has 104 valence electrons. The van der Waals surface area contributed by atoms with E-state index < -0.39 is 4.92 Å². The second kappa shape index (κ2) is 6.29. The lowest BCUT2D eigenvalue weighted by Gasteiger charge is -2.09. The van der Waals surface area contributed by atoms with E-state index in [9.17, 15) is 10.1 Å². The Hall–Kier alpha value is -2.22. The average Bonchev–Trinajstić information content (AvgIpc) is 2.44. The molecule has 1 aromatic carbocycles. The summed E-state index contributed by atoms with van der Waals surface area (Å²) in [6, 6.07) is 5.77. The van der Waals surface area contributed by atoms with Crippen LogP contribution >= 0.6 is 15.9 Å². The first-order chi connectivity index (χ1) is 9.61. The van der Waals surface area contributed by atoms with Crippen LogP contribution in [0.5, 0.6) is 11.6 Å². The number of anilines is 1. The Morgan fingerprint density at radius 1 is 1.35 bits per heavy atom. The molecule has 0 fully saturated rings. The van der Waals surface area contributed by atoms with E-state index in [0.717, 1.165) is 0 Å². The third-order valence-corrected chi connectivity index (χ3v) is 3.08. The van der Waals surface area contributed by atoms with Gasteiger partial charge in [-0.25, -0.2) is 9.97 Å². The van der Waals surface area contributed by atoms with Crippen molar-refractivity contribution in [1.82, 2.24) is 9.97 Å². The van der Waals surface area contributed by atoms with Crippen molar-refractivity contribution in [3.63, 3.8) is 0 Å². The molecule has 1 N–H and O–H groups in total. The Labute approximate surface area is 123 Å². The van der Waals surface area contributed by atoms with Crippen molar-refractivity contribution in [1.29, 1.82) is 0 Å². The second-order valence-electron chi connectivity index (χ2n) is 3.72. The van der Waals surface area contributed by atoms with Crippen LogP contribution in [-0.4, -0.2) is 21.4 Å². The first kappa shape index (κ1) is 14.2. The van der Waals surface area contributed by atoms with Crippen LogP contribution in [0.25, 0.3) is 0 Å². The van der Waals surface area contributed by atoms with Crippen LogP contribution in [0.3, 0.4) is 0 Å². The predicted molar refractivity (Wildman–Crippen MR) is 77.1 cm³/mol. The third kappa shape index (κ3) is 3.21. The van der Waals surface area contributed by atoms with E-state index in [1.54, 1.807) is 0 Å². The molecule has 0 saturated carbocycles. The molecule has 0 radical (unpaired) electrons. The molecule has 0 aliphatic carbocycles. The number of rotatable bonds is 5. The quantitative estimate of drug-likeness (QED) is 0.663. The van der Waals surface area contributed by atoms with Gasteiger partial charge in [-0.2, -0.15) is 0 Å². The Kier molecular flexibility index (Phi) is 4.46. The Bertz CT molecular complexity index is 619. The van der Waals surface area contributed by atoms with Crippen molar-refractivity contribution in [2.75, 3.05) is 11.9 Å².